The molecule has 1 heterocycles. The van der Waals surface area contributed by atoms with E-state index in [-0.39, 0.29) is 11.5 Å². The molecule has 0 radical (unpaired) electrons. The van der Waals surface area contributed by atoms with Crippen molar-refractivity contribution in [1.29, 1.82) is 0 Å². The molecule has 0 saturated heterocycles. The van der Waals surface area contributed by atoms with Gasteiger partial charge in [-0.3, -0.25) is 9.59 Å². The Kier molecular flexibility index (Phi) is 4.52. The first kappa shape index (κ1) is 15.0. The van der Waals surface area contributed by atoms with Crippen molar-refractivity contribution >= 4 is 16.9 Å². The van der Waals surface area contributed by atoms with E-state index in [1.165, 1.54) is 6.08 Å². The minimum absolute atomic E-state index is 0.0774. The molecular formula is C16H19N3O2. The molecule has 0 unspecified atom stereocenters. The molecule has 0 aliphatic heterocycles. The molecular weight excluding hydrogens is 266 g/mol. The number of amides is 1. The second kappa shape index (κ2) is 6.35. The molecule has 2 aromatic rings. The number of carbonyl (C=O) groups is 1. The highest BCUT2D eigenvalue weighted by atomic mass is 16.2. The first-order valence-electron chi connectivity index (χ1n) is 6.88. The maximum atomic E-state index is 12.3. The van der Waals surface area contributed by atoms with Crippen LogP contribution in [-0.4, -0.2) is 34.0 Å². The lowest BCUT2D eigenvalue weighted by Gasteiger charge is -2.16. The molecule has 5 heteroatoms. The minimum atomic E-state index is -0.113. The van der Waals surface area contributed by atoms with Crippen molar-refractivity contribution in [3.8, 4) is 0 Å². The smallest absolute Gasteiger partial charge is 0.272 e. The summed E-state index contributed by atoms with van der Waals surface area (Å²) in [5.41, 5.74) is 2.05. The highest BCUT2D eigenvalue weighted by Crippen LogP contribution is 2.10. The number of aromatic nitrogens is 2. The molecule has 1 amide bonds. The van der Waals surface area contributed by atoms with Gasteiger partial charge < -0.3 is 9.47 Å². The van der Waals surface area contributed by atoms with Crippen LogP contribution in [0, 0.1) is 6.92 Å². The number of likely N-dealkylation sites (N-methyl/N-ethyl adjacent to an activating group) is 1. The van der Waals surface area contributed by atoms with Crippen LogP contribution in [0.15, 0.2) is 41.7 Å². The summed E-state index contributed by atoms with van der Waals surface area (Å²) in [4.78, 5) is 29.6. The molecule has 5 nitrogen and oxygen atoms in total. The van der Waals surface area contributed by atoms with E-state index in [1.807, 2.05) is 24.3 Å². The fraction of sp³-hybridized carbons (Fsp3) is 0.312. The van der Waals surface area contributed by atoms with Crippen LogP contribution in [0.1, 0.15) is 12.1 Å². The third-order valence-corrected chi connectivity index (χ3v) is 3.44. The number of hydrogen-bond acceptors (Lipinski definition) is 3. The number of hydrogen-bond donors (Lipinski definition) is 0. The zero-order valence-electron chi connectivity index (χ0n) is 12.4. The molecule has 2 rings (SSSR count). The fourth-order valence-electron chi connectivity index (χ4n) is 2.27. The van der Waals surface area contributed by atoms with Gasteiger partial charge in [-0.2, -0.15) is 0 Å². The first-order valence-corrected chi connectivity index (χ1v) is 6.88. The number of carbonyl (C=O) groups excluding carboxylic acids is 1. The molecule has 0 aliphatic rings. The predicted octanol–water partition coefficient (Wildman–Crippen LogP) is 1.74. The Bertz CT molecular complexity index is 734. The zero-order chi connectivity index (χ0) is 15.4. The normalized spacial score (nSPS) is 10.6. The minimum Gasteiger partial charge on any atom is -0.342 e. The van der Waals surface area contributed by atoms with Crippen molar-refractivity contribution in [2.24, 2.45) is 0 Å². The van der Waals surface area contributed by atoms with Crippen molar-refractivity contribution < 1.29 is 4.79 Å². The lowest BCUT2D eigenvalue weighted by atomic mass is 10.2. The van der Waals surface area contributed by atoms with Gasteiger partial charge in [0.2, 0.25) is 5.91 Å². The summed E-state index contributed by atoms with van der Waals surface area (Å²) in [5, 5.41) is 0. The number of fused-ring (bicyclic) bond motifs is 1. The SMILES string of the molecule is C=CC(=O)N(C)CCCn1c(=O)c(C)nc2ccccc21. The standard InChI is InChI=1S/C16H19N3O2/c1-4-15(20)18(3)10-7-11-19-14-9-6-5-8-13(14)17-12(2)16(19)21/h4-6,8-9H,1,7,10-11H2,2-3H3. The van der Waals surface area contributed by atoms with Crippen molar-refractivity contribution in [2.75, 3.05) is 13.6 Å². The van der Waals surface area contributed by atoms with Gasteiger partial charge in [0, 0.05) is 20.1 Å². The van der Waals surface area contributed by atoms with Crippen LogP contribution >= 0.6 is 0 Å². The molecule has 0 bridgehead atoms. The van der Waals surface area contributed by atoms with E-state index in [9.17, 15) is 9.59 Å². The number of benzene rings is 1. The van der Waals surface area contributed by atoms with E-state index in [0.717, 1.165) is 11.0 Å². The number of para-hydroxylation sites is 2. The zero-order valence-corrected chi connectivity index (χ0v) is 12.4. The van der Waals surface area contributed by atoms with Crippen LogP contribution in [-0.2, 0) is 11.3 Å². The van der Waals surface area contributed by atoms with Crippen LogP contribution in [0.2, 0.25) is 0 Å². The number of nitrogens with zero attached hydrogens (tertiary/aromatic N) is 3. The van der Waals surface area contributed by atoms with E-state index in [2.05, 4.69) is 11.6 Å². The van der Waals surface area contributed by atoms with Gasteiger partial charge in [0.1, 0.15) is 5.69 Å². The van der Waals surface area contributed by atoms with Crippen LogP contribution in [0.4, 0.5) is 0 Å². The number of aryl methyl sites for hydroxylation is 2. The molecule has 0 aliphatic carbocycles. The van der Waals surface area contributed by atoms with E-state index in [4.69, 9.17) is 0 Å². The Morgan fingerprint density at radius 2 is 2.14 bits per heavy atom. The molecule has 0 spiro atoms. The molecule has 0 fully saturated rings. The Labute approximate surface area is 123 Å². The summed E-state index contributed by atoms with van der Waals surface area (Å²) >= 11 is 0. The van der Waals surface area contributed by atoms with E-state index < -0.39 is 0 Å². The monoisotopic (exact) mass is 285 g/mol. The Hall–Kier alpha value is -2.43. The quantitative estimate of drug-likeness (QED) is 0.786. The average molecular weight is 285 g/mol. The van der Waals surface area contributed by atoms with Crippen LogP contribution < -0.4 is 5.56 Å². The molecule has 21 heavy (non-hydrogen) atoms. The summed E-state index contributed by atoms with van der Waals surface area (Å²) in [5.74, 6) is -0.113. The van der Waals surface area contributed by atoms with Crippen molar-refractivity contribution in [2.45, 2.75) is 19.9 Å². The van der Waals surface area contributed by atoms with Gasteiger partial charge in [0.15, 0.2) is 0 Å². The second-order valence-electron chi connectivity index (χ2n) is 4.96. The average Bonchev–Trinajstić information content (AvgIpc) is 2.50. The fourth-order valence-corrected chi connectivity index (χ4v) is 2.27. The van der Waals surface area contributed by atoms with Crippen LogP contribution in [0.25, 0.3) is 11.0 Å². The first-order chi connectivity index (χ1) is 10.0. The van der Waals surface area contributed by atoms with Crippen molar-refractivity contribution in [1.82, 2.24) is 14.5 Å². The van der Waals surface area contributed by atoms with E-state index in [1.54, 1.807) is 23.4 Å². The molecule has 0 atom stereocenters. The summed E-state index contributed by atoms with van der Waals surface area (Å²) in [6, 6.07) is 7.58. The Balaban J connectivity index is 2.22. The summed E-state index contributed by atoms with van der Waals surface area (Å²) in [6.07, 6.45) is 1.99. The molecule has 0 N–H and O–H groups in total. The van der Waals surface area contributed by atoms with Gasteiger partial charge in [0.05, 0.1) is 11.0 Å². The second-order valence-corrected chi connectivity index (χ2v) is 4.96. The highest BCUT2D eigenvalue weighted by molar-refractivity contribution is 5.86. The Morgan fingerprint density at radius 1 is 1.43 bits per heavy atom. The van der Waals surface area contributed by atoms with Gasteiger partial charge >= 0.3 is 0 Å². The maximum Gasteiger partial charge on any atom is 0.272 e. The maximum absolute atomic E-state index is 12.3. The summed E-state index contributed by atoms with van der Waals surface area (Å²) in [6.45, 7) is 6.31. The van der Waals surface area contributed by atoms with Crippen LogP contribution in [0.5, 0.6) is 0 Å². The third kappa shape index (κ3) is 3.18. The lowest BCUT2D eigenvalue weighted by Crippen LogP contribution is -2.29. The van der Waals surface area contributed by atoms with E-state index >= 15 is 0 Å². The predicted molar refractivity (Wildman–Crippen MR) is 83.2 cm³/mol. The highest BCUT2D eigenvalue weighted by Gasteiger charge is 2.08. The van der Waals surface area contributed by atoms with Gasteiger partial charge in [-0.25, -0.2) is 4.98 Å². The summed E-state index contributed by atoms with van der Waals surface area (Å²) in [7, 11) is 1.72. The number of rotatable bonds is 5. The molecule has 0 saturated carbocycles. The van der Waals surface area contributed by atoms with Crippen LogP contribution in [0.3, 0.4) is 0 Å². The molecule has 1 aromatic carbocycles. The lowest BCUT2D eigenvalue weighted by molar-refractivity contribution is -0.124. The Morgan fingerprint density at radius 3 is 2.86 bits per heavy atom. The largest absolute Gasteiger partial charge is 0.342 e. The van der Waals surface area contributed by atoms with Crippen molar-refractivity contribution in [3.05, 3.63) is 53.0 Å². The van der Waals surface area contributed by atoms with Gasteiger partial charge in [-0.15, -0.1) is 0 Å². The van der Waals surface area contributed by atoms with E-state index in [0.29, 0.717) is 25.2 Å². The molecule has 110 valence electrons. The van der Waals surface area contributed by atoms with Gasteiger partial charge in [-0.05, 0) is 31.6 Å². The van der Waals surface area contributed by atoms with Gasteiger partial charge in [0.25, 0.3) is 5.56 Å². The van der Waals surface area contributed by atoms with Crippen molar-refractivity contribution in [3.63, 3.8) is 0 Å². The topological polar surface area (TPSA) is 55.2 Å². The van der Waals surface area contributed by atoms with Gasteiger partial charge in [-0.1, -0.05) is 18.7 Å². The third-order valence-electron chi connectivity index (χ3n) is 3.44. The molecule has 1 aromatic heterocycles. The summed E-state index contributed by atoms with van der Waals surface area (Å²) < 4.78 is 1.73.